The predicted octanol–water partition coefficient (Wildman–Crippen LogP) is 3.01. The molecule has 20 heavy (non-hydrogen) atoms. The van der Waals surface area contributed by atoms with E-state index in [2.05, 4.69) is 10.2 Å². The Bertz CT molecular complexity index is 520. The molecule has 0 aliphatic carbocycles. The van der Waals surface area contributed by atoms with Crippen molar-refractivity contribution in [3.05, 3.63) is 28.8 Å². The lowest BCUT2D eigenvalue weighted by molar-refractivity contribution is 0.193. The van der Waals surface area contributed by atoms with Crippen LogP contribution in [0.15, 0.2) is 18.2 Å². The first-order chi connectivity index (χ1) is 9.66. The Labute approximate surface area is 130 Å². The molecule has 3 N–H and O–H groups in total. The number of anilines is 1. The van der Waals surface area contributed by atoms with Crippen molar-refractivity contribution in [1.29, 1.82) is 0 Å². The van der Waals surface area contributed by atoms with Gasteiger partial charge in [0.15, 0.2) is 0 Å². The second-order valence-electron chi connectivity index (χ2n) is 5.67. The number of benzene rings is 1. The van der Waals surface area contributed by atoms with E-state index in [0.717, 1.165) is 11.3 Å². The second-order valence-corrected chi connectivity index (χ2v) is 6.51. The number of piperidine rings is 1. The van der Waals surface area contributed by atoms with E-state index in [4.69, 9.17) is 29.6 Å². The number of halogens is 1. The van der Waals surface area contributed by atoms with Crippen LogP contribution in [0.4, 0.5) is 5.69 Å². The third-order valence-electron chi connectivity index (χ3n) is 4.46. The van der Waals surface area contributed by atoms with E-state index in [1.807, 2.05) is 18.2 Å². The Morgan fingerprint density at radius 2 is 2.15 bits per heavy atom. The highest BCUT2D eigenvalue weighted by Gasteiger charge is 2.35. The average Bonchev–Trinajstić information content (AvgIpc) is 2.82. The van der Waals surface area contributed by atoms with Crippen LogP contribution in [0.25, 0.3) is 0 Å². The summed E-state index contributed by atoms with van der Waals surface area (Å²) in [5.74, 6) is 0. The average molecular weight is 310 g/mol. The van der Waals surface area contributed by atoms with Crippen LogP contribution in [0.1, 0.15) is 31.2 Å². The van der Waals surface area contributed by atoms with Gasteiger partial charge in [0.1, 0.15) is 4.99 Å². The molecular formula is C15H20ClN3S. The molecule has 2 heterocycles. The molecule has 3 nitrogen and oxygen atoms in total. The molecule has 2 aliphatic rings. The summed E-state index contributed by atoms with van der Waals surface area (Å²) in [5.41, 5.74) is 7.57. The molecular weight excluding hydrogens is 290 g/mol. The topological polar surface area (TPSA) is 41.3 Å². The van der Waals surface area contributed by atoms with Crippen LogP contribution in [0.5, 0.6) is 0 Å². The van der Waals surface area contributed by atoms with E-state index in [9.17, 15) is 0 Å². The lowest BCUT2D eigenvalue weighted by atomic mass is 9.98. The zero-order valence-electron chi connectivity index (χ0n) is 11.4. The number of thiocarbonyl (C=S) groups is 1. The van der Waals surface area contributed by atoms with E-state index in [1.165, 1.54) is 38.8 Å². The van der Waals surface area contributed by atoms with Crippen LogP contribution in [-0.2, 0) is 0 Å². The Morgan fingerprint density at radius 3 is 2.95 bits per heavy atom. The number of nitrogens with zero attached hydrogens (tertiary/aromatic N) is 1. The monoisotopic (exact) mass is 309 g/mol. The minimum absolute atomic E-state index is 0.358. The van der Waals surface area contributed by atoms with Crippen LogP contribution in [0.3, 0.4) is 0 Å². The fraction of sp³-hybridized carbons (Fsp3) is 0.533. The van der Waals surface area contributed by atoms with Crippen molar-refractivity contribution in [1.82, 2.24) is 4.90 Å². The number of hydrogen-bond acceptors (Lipinski definition) is 3. The van der Waals surface area contributed by atoms with Gasteiger partial charge in [-0.2, -0.15) is 0 Å². The van der Waals surface area contributed by atoms with E-state index < -0.39 is 0 Å². The third kappa shape index (κ3) is 2.65. The number of nitrogens with two attached hydrogens (primary N) is 1. The fourth-order valence-corrected chi connectivity index (χ4v) is 4.06. The minimum atomic E-state index is 0.358. The summed E-state index contributed by atoms with van der Waals surface area (Å²) in [5, 5.41) is 4.26. The summed E-state index contributed by atoms with van der Waals surface area (Å²) in [6, 6.07) is 6.91. The first-order valence-corrected chi connectivity index (χ1v) is 8.04. The van der Waals surface area contributed by atoms with Gasteiger partial charge in [-0.05, 0) is 37.9 Å². The van der Waals surface area contributed by atoms with Gasteiger partial charge in [0, 0.05) is 24.3 Å². The predicted molar refractivity (Wildman–Crippen MR) is 88.6 cm³/mol. The summed E-state index contributed by atoms with van der Waals surface area (Å²) in [6.45, 7) is 2.42. The van der Waals surface area contributed by atoms with Crippen LogP contribution < -0.4 is 11.1 Å². The molecule has 2 atom stereocenters. The first kappa shape index (κ1) is 14.1. The van der Waals surface area contributed by atoms with Gasteiger partial charge >= 0.3 is 0 Å². The molecule has 3 rings (SSSR count). The molecule has 0 radical (unpaired) electrons. The summed E-state index contributed by atoms with van der Waals surface area (Å²) < 4.78 is 0. The Hall–Kier alpha value is -0.840. The van der Waals surface area contributed by atoms with Crippen molar-refractivity contribution < 1.29 is 0 Å². The van der Waals surface area contributed by atoms with Crippen molar-refractivity contribution >= 4 is 34.5 Å². The van der Waals surface area contributed by atoms with Gasteiger partial charge in [-0.15, -0.1) is 0 Å². The standard InChI is InChI=1S/C15H20ClN3S/c16-10-4-3-5-12(14(10)15(17)20)18-11-7-9-19-8-2-1-6-13(11)19/h3-5,11,13,18H,1-2,6-9H2,(H2,17,20). The molecule has 0 amide bonds. The molecule has 2 aliphatic heterocycles. The molecule has 108 valence electrons. The molecule has 0 spiro atoms. The van der Waals surface area contributed by atoms with Gasteiger partial charge in [0.25, 0.3) is 0 Å². The lowest BCUT2D eigenvalue weighted by Gasteiger charge is -2.33. The highest BCUT2D eigenvalue weighted by Crippen LogP contribution is 2.31. The molecule has 1 aromatic carbocycles. The largest absolute Gasteiger partial charge is 0.389 e. The zero-order chi connectivity index (χ0) is 14.1. The molecule has 1 aromatic rings. The first-order valence-electron chi connectivity index (χ1n) is 7.25. The molecule has 2 fully saturated rings. The van der Waals surface area contributed by atoms with Crippen molar-refractivity contribution in [2.45, 2.75) is 37.8 Å². The van der Waals surface area contributed by atoms with Gasteiger partial charge in [-0.25, -0.2) is 0 Å². The summed E-state index contributed by atoms with van der Waals surface area (Å²) in [7, 11) is 0. The number of fused-ring (bicyclic) bond motifs is 1. The highest BCUT2D eigenvalue weighted by atomic mass is 35.5. The van der Waals surface area contributed by atoms with Crippen LogP contribution in [-0.4, -0.2) is 35.1 Å². The molecule has 2 unspecified atom stereocenters. The fourth-order valence-electron chi connectivity index (χ4n) is 3.51. The third-order valence-corrected chi connectivity index (χ3v) is 4.98. The number of rotatable bonds is 3. The molecule has 5 heteroatoms. The van der Waals surface area contributed by atoms with Gasteiger partial charge < -0.3 is 11.1 Å². The van der Waals surface area contributed by atoms with Crippen LogP contribution >= 0.6 is 23.8 Å². The summed E-state index contributed by atoms with van der Waals surface area (Å²) in [4.78, 5) is 2.96. The quantitative estimate of drug-likeness (QED) is 0.842. The van der Waals surface area contributed by atoms with Gasteiger partial charge in [-0.3, -0.25) is 4.90 Å². The van der Waals surface area contributed by atoms with E-state index in [-0.39, 0.29) is 0 Å². The Morgan fingerprint density at radius 1 is 1.30 bits per heavy atom. The Balaban J connectivity index is 1.81. The maximum Gasteiger partial charge on any atom is 0.107 e. The van der Waals surface area contributed by atoms with Crippen LogP contribution in [0.2, 0.25) is 5.02 Å². The Kier molecular flexibility index (Phi) is 4.15. The van der Waals surface area contributed by atoms with Gasteiger partial charge in [0.05, 0.1) is 10.6 Å². The van der Waals surface area contributed by atoms with Crippen LogP contribution in [0, 0.1) is 0 Å². The number of nitrogens with one attached hydrogen (secondary N) is 1. The SMILES string of the molecule is NC(=S)c1c(Cl)cccc1NC1CCN2CCCCC12. The second kappa shape index (κ2) is 5.88. The molecule has 0 bridgehead atoms. The minimum Gasteiger partial charge on any atom is -0.389 e. The normalized spacial score (nSPS) is 26.2. The zero-order valence-corrected chi connectivity index (χ0v) is 13.0. The molecule has 0 aromatic heterocycles. The van der Waals surface area contributed by atoms with Crippen molar-refractivity contribution in [2.24, 2.45) is 5.73 Å². The van der Waals surface area contributed by atoms with E-state index in [0.29, 0.717) is 22.1 Å². The van der Waals surface area contributed by atoms with Gasteiger partial charge in [0.2, 0.25) is 0 Å². The number of hydrogen-bond donors (Lipinski definition) is 2. The highest BCUT2D eigenvalue weighted by molar-refractivity contribution is 7.80. The van der Waals surface area contributed by atoms with E-state index >= 15 is 0 Å². The van der Waals surface area contributed by atoms with E-state index in [1.54, 1.807) is 0 Å². The molecule has 2 saturated heterocycles. The smallest absolute Gasteiger partial charge is 0.107 e. The maximum absolute atomic E-state index is 6.23. The van der Waals surface area contributed by atoms with Crippen molar-refractivity contribution in [3.8, 4) is 0 Å². The van der Waals surface area contributed by atoms with Gasteiger partial charge in [-0.1, -0.05) is 36.3 Å². The van der Waals surface area contributed by atoms with Crippen molar-refractivity contribution in [2.75, 3.05) is 18.4 Å². The summed E-state index contributed by atoms with van der Waals surface area (Å²) in [6.07, 6.45) is 5.12. The lowest BCUT2D eigenvalue weighted by Crippen LogP contribution is -2.42. The molecule has 0 saturated carbocycles. The van der Waals surface area contributed by atoms with Crippen molar-refractivity contribution in [3.63, 3.8) is 0 Å². The summed E-state index contributed by atoms with van der Waals surface area (Å²) >= 11 is 11.4. The maximum atomic E-state index is 6.23.